The fraction of sp³-hybridized carbons (Fsp3) is 0.250. The second kappa shape index (κ2) is 4.64. The van der Waals surface area contributed by atoms with E-state index in [4.69, 9.17) is 9.47 Å². The first-order valence-electron chi connectivity index (χ1n) is 4.52. The quantitative estimate of drug-likeness (QED) is 0.707. The lowest BCUT2D eigenvalue weighted by molar-refractivity contribution is 0.355. The highest BCUT2D eigenvalue weighted by atomic mass is 16.5. The Labute approximate surface area is 90.1 Å². The van der Waals surface area contributed by atoms with Gasteiger partial charge in [0, 0.05) is 11.6 Å². The first-order chi connectivity index (χ1) is 7.13. The van der Waals surface area contributed by atoms with Crippen LogP contribution in [0.3, 0.4) is 0 Å². The molecule has 0 aliphatic rings. The second-order valence-corrected chi connectivity index (χ2v) is 3.16. The summed E-state index contributed by atoms with van der Waals surface area (Å²) in [5, 5.41) is 0. The zero-order valence-corrected chi connectivity index (χ0v) is 9.33. The third-order valence-corrected chi connectivity index (χ3v) is 2.13. The van der Waals surface area contributed by atoms with Gasteiger partial charge in [-0.25, -0.2) is 0 Å². The molecule has 1 rings (SSSR count). The van der Waals surface area contributed by atoms with E-state index in [0.717, 1.165) is 16.8 Å². The molecule has 0 fully saturated rings. The van der Waals surface area contributed by atoms with Gasteiger partial charge in [-0.3, -0.25) is 4.99 Å². The fourth-order valence-electron chi connectivity index (χ4n) is 1.34. The highest BCUT2D eigenvalue weighted by molar-refractivity contribution is 5.76. The number of rotatable bonds is 4. The number of benzene rings is 1. The van der Waals surface area contributed by atoms with Gasteiger partial charge in [-0.1, -0.05) is 6.58 Å². The van der Waals surface area contributed by atoms with Crippen LogP contribution in [0.25, 0.3) is 5.57 Å². The van der Waals surface area contributed by atoms with E-state index >= 15 is 0 Å². The van der Waals surface area contributed by atoms with Gasteiger partial charge in [0.05, 0.1) is 19.9 Å². The Bertz CT molecular complexity index is 397. The van der Waals surface area contributed by atoms with E-state index in [0.29, 0.717) is 11.5 Å². The first-order valence-corrected chi connectivity index (χ1v) is 4.52. The maximum absolute atomic E-state index is 5.20. The van der Waals surface area contributed by atoms with Gasteiger partial charge in [0.15, 0.2) is 11.5 Å². The molecular weight excluding hydrogens is 190 g/mol. The Morgan fingerprint density at radius 2 is 1.73 bits per heavy atom. The van der Waals surface area contributed by atoms with Crippen LogP contribution < -0.4 is 9.47 Å². The summed E-state index contributed by atoms with van der Waals surface area (Å²) in [5.74, 6) is 1.31. The zero-order valence-electron chi connectivity index (χ0n) is 9.33. The summed E-state index contributed by atoms with van der Waals surface area (Å²) in [4.78, 5) is 3.93. The van der Waals surface area contributed by atoms with Crippen molar-refractivity contribution in [3.63, 3.8) is 0 Å². The van der Waals surface area contributed by atoms with Gasteiger partial charge < -0.3 is 9.47 Å². The molecule has 0 bridgehead atoms. The maximum atomic E-state index is 5.20. The van der Waals surface area contributed by atoms with Crippen LogP contribution in [0.4, 0.5) is 5.69 Å². The van der Waals surface area contributed by atoms with Crippen LogP contribution >= 0.6 is 0 Å². The van der Waals surface area contributed by atoms with Gasteiger partial charge in [-0.05, 0) is 25.3 Å². The fourth-order valence-corrected chi connectivity index (χ4v) is 1.34. The Balaban J connectivity index is 3.40. The van der Waals surface area contributed by atoms with Gasteiger partial charge >= 0.3 is 0 Å². The number of aliphatic imine (C=N–C) groups is 1. The summed E-state index contributed by atoms with van der Waals surface area (Å²) in [6.45, 7) is 9.31. The molecule has 0 unspecified atom stereocenters. The highest BCUT2D eigenvalue weighted by Crippen LogP contribution is 2.37. The SMILES string of the molecule is C=Nc1cc(OC)c(OC)cc1C(=C)C. The van der Waals surface area contributed by atoms with E-state index in [1.54, 1.807) is 20.3 Å². The molecular formula is C12H15NO2. The minimum atomic E-state index is 0.643. The van der Waals surface area contributed by atoms with Gasteiger partial charge in [-0.15, -0.1) is 0 Å². The molecule has 0 aliphatic heterocycles. The lowest BCUT2D eigenvalue weighted by Gasteiger charge is -2.12. The van der Waals surface area contributed by atoms with Crippen molar-refractivity contribution in [3.8, 4) is 11.5 Å². The third-order valence-electron chi connectivity index (χ3n) is 2.13. The van der Waals surface area contributed by atoms with E-state index in [9.17, 15) is 0 Å². The molecule has 0 saturated heterocycles. The van der Waals surface area contributed by atoms with Crippen molar-refractivity contribution in [1.29, 1.82) is 0 Å². The summed E-state index contributed by atoms with van der Waals surface area (Å²) in [5.41, 5.74) is 2.58. The lowest BCUT2D eigenvalue weighted by Crippen LogP contribution is -1.92. The smallest absolute Gasteiger partial charge is 0.162 e. The summed E-state index contributed by atoms with van der Waals surface area (Å²) in [6, 6.07) is 3.64. The highest BCUT2D eigenvalue weighted by Gasteiger charge is 2.10. The minimum Gasteiger partial charge on any atom is -0.493 e. The van der Waals surface area contributed by atoms with Gasteiger partial charge in [0.2, 0.25) is 0 Å². The topological polar surface area (TPSA) is 30.8 Å². The van der Waals surface area contributed by atoms with Crippen molar-refractivity contribution in [1.82, 2.24) is 0 Å². The Morgan fingerprint density at radius 1 is 1.20 bits per heavy atom. The van der Waals surface area contributed by atoms with Gasteiger partial charge in [0.1, 0.15) is 0 Å². The second-order valence-electron chi connectivity index (χ2n) is 3.16. The van der Waals surface area contributed by atoms with E-state index < -0.39 is 0 Å². The molecule has 0 saturated carbocycles. The van der Waals surface area contributed by atoms with E-state index in [-0.39, 0.29) is 0 Å². The molecule has 0 heterocycles. The molecule has 3 heteroatoms. The Morgan fingerprint density at radius 3 is 2.13 bits per heavy atom. The predicted molar refractivity (Wildman–Crippen MR) is 63.5 cm³/mol. The number of methoxy groups -OCH3 is 2. The van der Waals surface area contributed by atoms with Crippen LogP contribution in [0.5, 0.6) is 11.5 Å². The van der Waals surface area contributed by atoms with Crippen LogP contribution in [0.1, 0.15) is 12.5 Å². The van der Waals surface area contributed by atoms with Crippen LogP contribution in [0.2, 0.25) is 0 Å². The third kappa shape index (κ3) is 2.18. The first kappa shape index (κ1) is 11.3. The van der Waals surface area contributed by atoms with Crippen molar-refractivity contribution in [2.45, 2.75) is 6.92 Å². The predicted octanol–water partition coefficient (Wildman–Crippen LogP) is 3.07. The molecule has 3 nitrogen and oxygen atoms in total. The normalized spacial score (nSPS) is 9.53. The number of hydrogen-bond donors (Lipinski definition) is 0. The standard InChI is InChI=1S/C12H15NO2/c1-8(2)9-6-11(14-4)12(15-5)7-10(9)13-3/h6-7H,1,3H2,2,4-5H3. The van der Waals surface area contributed by atoms with E-state index in [2.05, 4.69) is 18.3 Å². The Hall–Kier alpha value is -1.77. The van der Waals surface area contributed by atoms with Gasteiger partial charge in [-0.2, -0.15) is 0 Å². The molecule has 0 aromatic heterocycles. The van der Waals surface area contributed by atoms with Crippen molar-refractivity contribution in [2.75, 3.05) is 14.2 Å². The minimum absolute atomic E-state index is 0.643. The number of ether oxygens (including phenoxy) is 2. The van der Waals surface area contributed by atoms with Crippen LogP contribution in [0.15, 0.2) is 23.7 Å². The molecule has 1 aromatic carbocycles. The van der Waals surface area contributed by atoms with Crippen LogP contribution in [-0.2, 0) is 0 Å². The average molecular weight is 205 g/mol. The van der Waals surface area contributed by atoms with Crippen LogP contribution in [-0.4, -0.2) is 20.9 Å². The largest absolute Gasteiger partial charge is 0.493 e. The maximum Gasteiger partial charge on any atom is 0.162 e. The summed E-state index contributed by atoms with van der Waals surface area (Å²) in [6.07, 6.45) is 0. The molecule has 0 radical (unpaired) electrons. The van der Waals surface area contributed by atoms with Crippen molar-refractivity contribution in [3.05, 3.63) is 24.3 Å². The van der Waals surface area contributed by atoms with Crippen molar-refractivity contribution in [2.24, 2.45) is 4.99 Å². The van der Waals surface area contributed by atoms with Crippen LogP contribution in [0, 0.1) is 0 Å². The summed E-state index contributed by atoms with van der Waals surface area (Å²) in [7, 11) is 3.19. The molecule has 0 amide bonds. The van der Waals surface area contributed by atoms with Crippen molar-refractivity contribution < 1.29 is 9.47 Å². The molecule has 0 N–H and O–H groups in total. The Kier molecular flexibility index (Phi) is 3.50. The number of allylic oxidation sites excluding steroid dienone is 1. The molecule has 0 spiro atoms. The average Bonchev–Trinajstić information content (AvgIpc) is 2.26. The summed E-state index contributed by atoms with van der Waals surface area (Å²) < 4.78 is 10.4. The van der Waals surface area contributed by atoms with E-state index in [1.807, 2.05) is 13.0 Å². The molecule has 1 aromatic rings. The summed E-state index contributed by atoms with van der Waals surface area (Å²) >= 11 is 0. The molecule has 80 valence electrons. The molecule has 15 heavy (non-hydrogen) atoms. The number of hydrogen-bond acceptors (Lipinski definition) is 3. The monoisotopic (exact) mass is 205 g/mol. The number of nitrogens with zero attached hydrogens (tertiary/aromatic N) is 1. The lowest BCUT2D eigenvalue weighted by atomic mass is 10.1. The van der Waals surface area contributed by atoms with Gasteiger partial charge in [0.25, 0.3) is 0 Å². The molecule has 0 aliphatic carbocycles. The molecule has 0 atom stereocenters. The van der Waals surface area contributed by atoms with E-state index in [1.165, 1.54) is 0 Å². The zero-order chi connectivity index (χ0) is 11.4. The van der Waals surface area contributed by atoms with Crippen molar-refractivity contribution >= 4 is 18.0 Å².